The molecule has 1 saturated carbocycles. The number of fused-ring (bicyclic) bond motifs is 1. The maximum absolute atomic E-state index is 9.68. The lowest BCUT2D eigenvalue weighted by molar-refractivity contribution is 0.369. The first-order chi connectivity index (χ1) is 10.1. The van der Waals surface area contributed by atoms with E-state index in [1.165, 1.54) is 11.8 Å². The van der Waals surface area contributed by atoms with E-state index in [2.05, 4.69) is 30.2 Å². The van der Waals surface area contributed by atoms with Gasteiger partial charge in [-0.25, -0.2) is 4.98 Å². The smallest absolute Gasteiger partial charge is 0.256 e. The number of hydrogen-bond acceptors (Lipinski definition) is 5. The Hall–Kier alpha value is -1.51. The Morgan fingerprint density at radius 1 is 1.48 bits per heavy atom. The molecule has 0 amide bonds. The van der Waals surface area contributed by atoms with Crippen molar-refractivity contribution in [2.75, 3.05) is 5.75 Å². The number of thioether (sulfide) groups is 1. The predicted molar refractivity (Wildman–Crippen MR) is 84.1 cm³/mol. The quantitative estimate of drug-likeness (QED) is 0.826. The molecule has 21 heavy (non-hydrogen) atoms. The van der Waals surface area contributed by atoms with Gasteiger partial charge in [0, 0.05) is 11.8 Å². The minimum Gasteiger partial charge on any atom is -0.431 e. The molecule has 1 aromatic carbocycles. The molecule has 1 atom stereocenters. The lowest BCUT2D eigenvalue weighted by atomic mass is 9.96. The molecule has 110 valence electrons. The minimum atomic E-state index is -0.473. The second kappa shape index (κ2) is 5.70. The van der Waals surface area contributed by atoms with Gasteiger partial charge in [0.2, 0.25) is 0 Å². The van der Waals surface area contributed by atoms with Gasteiger partial charge in [0.05, 0.1) is 6.07 Å². The topological polar surface area (TPSA) is 61.9 Å². The van der Waals surface area contributed by atoms with Gasteiger partial charge in [-0.05, 0) is 44.7 Å². The van der Waals surface area contributed by atoms with Crippen molar-refractivity contribution in [2.24, 2.45) is 5.92 Å². The number of oxazole rings is 1. The molecule has 0 spiro atoms. The highest BCUT2D eigenvalue weighted by atomic mass is 32.2. The Balaban J connectivity index is 1.76. The van der Waals surface area contributed by atoms with Crippen LogP contribution in [0.5, 0.6) is 0 Å². The van der Waals surface area contributed by atoms with Crippen LogP contribution in [0.25, 0.3) is 11.1 Å². The number of aromatic nitrogens is 1. The first-order valence-corrected chi connectivity index (χ1v) is 8.29. The average molecular weight is 301 g/mol. The summed E-state index contributed by atoms with van der Waals surface area (Å²) in [6, 6.07) is 10.5. The Morgan fingerprint density at radius 2 is 2.24 bits per heavy atom. The van der Waals surface area contributed by atoms with Crippen LogP contribution in [-0.2, 0) is 0 Å². The third-order valence-electron chi connectivity index (χ3n) is 3.72. The van der Waals surface area contributed by atoms with E-state index in [0.717, 1.165) is 23.9 Å². The number of rotatable bonds is 6. The predicted octanol–water partition coefficient (Wildman–Crippen LogP) is 3.59. The summed E-state index contributed by atoms with van der Waals surface area (Å²) < 4.78 is 5.73. The van der Waals surface area contributed by atoms with Gasteiger partial charge in [-0.2, -0.15) is 5.26 Å². The maximum atomic E-state index is 9.68. The zero-order valence-corrected chi connectivity index (χ0v) is 13.1. The maximum Gasteiger partial charge on any atom is 0.256 e. The third kappa shape index (κ3) is 3.07. The van der Waals surface area contributed by atoms with E-state index in [-0.39, 0.29) is 6.04 Å². The molecular weight excluding hydrogens is 282 g/mol. The molecule has 4 nitrogen and oxygen atoms in total. The van der Waals surface area contributed by atoms with Crippen molar-refractivity contribution in [3.8, 4) is 6.07 Å². The van der Waals surface area contributed by atoms with Crippen molar-refractivity contribution >= 4 is 22.9 Å². The zero-order chi connectivity index (χ0) is 14.9. The van der Waals surface area contributed by atoms with Gasteiger partial charge in [-0.3, -0.25) is 5.32 Å². The first kappa shape index (κ1) is 14.4. The van der Waals surface area contributed by atoms with E-state index in [4.69, 9.17) is 4.42 Å². The number of nitriles is 1. The molecule has 2 aromatic rings. The third-order valence-corrected chi connectivity index (χ3v) is 4.74. The summed E-state index contributed by atoms with van der Waals surface area (Å²) in [5, 5.41) is 13.8. The highest BCUT2D eigenvalue weighted by Gasteiger charge is 2.46. The summed E-state index contributed by atoms with van der Waals surface area (Å²) in [6.07, 6.45) is 2.25. The standard InChI is InChI=1S/C16H19N3OS/c1-11(2)19-16(9-17,12-7-8-12)10-21-15-18-13-5-3-4-6-14(13)20-15/h3-6,11-12,19H,7-8,10H2,1-2H3. The van der Waals surface area contributed by atoms with Gasteiger partial charge in [0.15, 0.2) is 5.58 Å². The van der Waals surface area contributed by atoms with E-state index >= 15 is 0 Å². The van der Waals surface area contributed by atoms with Crippen LogP contribution in [0.1, 0.15) is 26.7 Å². The van der Waals surface area contributed by atoms with Crippen LogP contribution >= 0.6 is 11.8 Å². The molecule has 1 aliphatic rings. The van der Waals surface area contributed by atoms with Crippen LogP contribution in [0.2, 0.25) is 0 Å². The van der Waals surface area contributed by atoms with Crippen LogP contribution < -0.4 is 5.32 Å². The molecule has 5 heteroatoms. The fraction of sp³-hybridized carbons (Fsp3) is 0.500. The Kier molecular flexibility index (Phi) is 3.92. The lowest BCUT2D eigenvalue weighted by Gasteiger charge is -2.29. The normalized spacial score (nSPS) is 17.8. The first-order valence-electron chi connectivity index (χ1n) is 7.30. The van der Waals surface area contributed by atoms with Gasteiger partial charge in [-0.15, -0.1) is 0 Å². The summed E-state index contributed by atoms with van der Waals surface area (Å²) in [5.41, 5.74) is 1.19. The number of para-hydroxylation sites is 2. The Bertz CT molecular complexity index is 638. The molecule has 1 N–H and O–H groups in total. The van der Waals surface area contributed by atoms with Crippen molar-refractivity contribution in [1.29, 1.82) is 5.26 Å². The van der Waals surface area contributed by atoms with Crippen molar-refractivity contribution in [3.63, 3.8) is 0 Å². The Labute approximate surface area is 128 Å². The summed E-state index contributed by atoms with van der Waals surface area (Å²) >= 11 is 1.53. The average Bonchev–Trinajstić information content (AvgIpc) is 3.23. The Morgan fingerprint density at radius 3 is 2.86 bits per heavy atom. The largest absolute Gasteiger partial charge is 0.431 e. The molecule has 0 aliphatic heterocycles. The summed E-state index contributed by atoms with van der Waals surface area (Å²) in [5.74, 6) is 1.11. The monoisotopic (exact) mass is 301 g/mol. The number of benzene rings is 1. The fourth-order valence-electron chi connectivity index (χ4n) is 2.61. The number of nitrogens with one attached hydrogen (secondary N) is 1. The SMILES string of the molecule is CC(C)NC(C#N)(CSc1nc2ccccc2o1)C1CC1. The van der Waals surface area contributed by atoms with E-state index < -0.39 is 5.54 Å². The van der Waals surface area contributed by atoms with Crippen LogP contribution in [-0.4, -0.2) is 22.3 Å². The second-order valence-corrected chi connectivity index (χ2v) is 6.82. The van der Waals surface area contributed by atoms with E-state index in [9.17, 15) is 5.26 Å². The van der Waals surface area contributed by atoms with E-state index in [1.54, 1.807) is 0 Å². The fourth-order valence-corrected chi connectivity index (χ4v) is 3.66. The van der Waals surface area contributed by atoms with E-state index in [1.807, 2.05) is 24.3 Å². The molecule has 1 aliphatic carbocycles. The van der Waals surface area contributed by atoms with Gasteiger partial charge in [0.1, 0.15) is 11.1 Å². The van der Waals surface area contributed by atoms with Gasteiger partial charge in [0.25, 0.3) is 5.22 Å². The molecule has 0 bridgehead atoms. The molecule has 1 aromatic heterocycles. The molecule has 0 saturated heterocycles. The van der Waals surface area contributed by atoms with Crippen molar-refractivity contribution in [3.05, 3.63) is 24.3 Å². The van der Waals surface area contributed by atoms with E-state index in [0.29, 0.717) is 16.9 Å². The van der Waals surface area contributed by atoms with Crippen LogP contribution in [0, 0.1) is 17.2 Å². The van der Waals surface area contributed by atoms with Crippen LogP contribution in [0.15, 0.2) is 33.9 Å². The minimum absolute atomic E-state index is 0.287. The lowest BCUT2D eigenvalue weighted by Crippen LogP contribution is -2.51. The number of hydrogen-bond donors (Lipinski definition) is 1. The highest BCUT2D eigenvalue weighted by Crippen LogP contribution is 2.42. The summed E-state index contributed by atoms with van der Waals surface area (Å²) in [7, 11) is 0. The van der Waals surface area contributed by atoms with Crippen molar-refractivity contribution in [1.82, 2.24) is 10.3 Å². The summed E-state index contributed by atoms with van der Waals surface area (Å²) in [4.78, 5) is 4.47. The molecule has 1 unspecified atom stereocenters. The molecule has 3 rings (SSSR count). The molecule has 0 radical (unpaired) electrons. The van der Waals surface area contributed by atoms with Gasteiger partial charge >= 0.3 is 0 Å². The van der Waals surface area contributed by atoms with Gasteiger partial charge in [-0.1, -0.05) is 23.9 Å². The highest BCUT2D eigenvalue weighted by molar-refractivity contribution is 7.99. The van der Waals surface area contributed by atoms with Crippen molar-refractivity contribution in [2.45, 2.75) is 43.5 Å². The number of nitrogens with zero attached hydrogens (tertiary/aromatic N) is 2. The van der Waals surface area contributed by atoms with Gasteiger partial charge < -0.3 is 4.42 Å². The molecule has 1 fully saturated rings. The zero-order valence-electron chi connectivity index (χ0n) is 12.3. The molecular formula is C16H19N3OS. The van der Waals surface area contributed by atoms with Crippen LogP contribution in [0.3, 0.4) is 0 Å². The van der Waals surface area contributed by atoms with Crippen molar-refractivity contribution < 1.29 is 4.42 Å². The summed E-state index contributed by atoms with van der Waals surface area (Å²) in [6.45, 7) is 4.16. The van der Waals surface area contributed by atoms with Crippen LogP contribution in [0.4, 0.5) is 0 Å². The second-order valence-electron chi connectivity index (χ2n) is 5.89. The molecule has 1 heterocycles.